The second-order valence-corrected chi connectivity index (χ2v) is 3.88. The molecule has 0 saturated carbocycles. The molecule has 1 aliphatic rings. The standard InChI is InChI=1S/C12H18N2O/c1-2-14-8-11(13)9-3-4-12-10(7-9)5-6-15-12/h3-4,7,11,14H,2,5-6,8,13H2,1H3. The van der Waals surface area contributed by atoms with E-state index in [0.29, 0.717) is 0 Å². The quantitative estimate of drug-likeness (QED) is 0.779. The highest BCUT2D eigenvalue weighted by molar-refractivity contribution is 5.40. The zero-order valence-corrected chi connectivity index (χ0v) is 9.12. The van der Waals surface area contributed by atoms with Crippen LogP contribution in [0.2, 0.25) is 0 Å². The summed E-state index contributed by atoms with van der Waals surface area (Å²) in [7, 11) is 0. The number of rotatable bonds is 4. The molecular formula is C12H18N2O. The monoisotopic (exact) mass is 206 g/mol. The second kappa shape index (κ2) is 4.64. The molecule has 1 unspecified atom stereocenters. The lowest BCUT2D eigenvalue weighted by molar-refractivity contribution is 0.357. The van der Waals surface area contributed by atoms with E-state index in [1.807, 2.05) is 6.07 Å². The molecule has 3 heteroatoms. The predicted octanol–water partition coefficient (Wildman–Crippen LogP) is 1.23. The Bertz CT molecular complexity index is 338. The van der Waals surface area contributed by atoms with Gasteiger partial charge in [-0.1, -0.05) is 19.1 Å². The van der Waals surface area contributed by atoms with Crippen molar-refractivity contribution in [3.63, 3.8) is 0 Å². The number of nitrogens with one attached hydrogen (secondary N) is 1. The molecule has 1 aliphatic heterocycles. The Kier molecular flexibility index (Phi) is 3.23. The number of benzene rings is 1. The number of hydrogen-bond acceptors (Lipinski definition) is 3. The molecule has 3 nitrogen and oxygen atoms in total. The van der Waals surface area contributed by atoms with Gasteiger partial charge in [0, 0.05) is 19.0 Å². The first kappa shape index (κ1) is 10.5. The Balaban J connectivity index is 2.08. The minimum atomic E-state index is 0.0795. The maximum absolute atomic E-state index is 6.07. The van der Waals surface area contributed by atoms with Gasteiger partial charge in [0.2, 0.25) is 0 Å². The van der Waals surface area contributed by atoms with Gasteiger partial charge in [-0.15, -0.1) is 0 Å². The van der Waals surface area contributed by atoms with E-state index in [1.165, 1.54) is 11.1 Å². The molecule has 0 fully saturated rings. The Hall–Kier alpha value is -1.06. The Morgan fingerprint density at radius 1 is 1.53 bits per heavy atom. The van der Waals surface area contributed by atoms with Gasteiger partial charge in [0.25, 0.3) is 0 Å². The fourth-order valence-corrected chi connectivity index (χ4v) is 1.85. The van der Waals surface area contributed by atoms with Crippen molar-refractivity contribution in [1.82, 2.24) is 5.32 Å². The van der Waals surface area contributed by atoms with E-state index in [1.54, 1.807) is 0 Å². The third-order valence-electron chi connectivity index (χ3n) is 2.76. The van der Waals surface area contributed by atoms with E-state index in [-0.39, 0.29) is 6.04 Å². The molecule has 1 aromatic carbocycles. The van der Waals surface area contributed by atoms with Gasteiger partial charge in [-0.05, 0) is 23.7 Å². The van der Waals surface area contributed by atoms with Crippen molar-refractivity contribution in [3.05, 3.63) is 29.3 Å². The Labute approximate surface area is 90.6 Å². The summed E-state index contributed by atoms with van der Waals surface area (Å²) in [6.45, 7) is 4.68. The number of fused-ring (bicyclic) bond motifs is 1. The summed E-state index contributed by atoms with van der Waals surface area (Å²) in [6.07, 6.45) is 1.01. The fraction of sp³-hybridized carbons (Fsp3) is 0.500. The van der Waals surface area contributed by atoms with Crippen molar-refractivity contribution in [2.75, 3.05) is 19.7 Å². The summed E-state index contributed by atoms with van der Waals surface area (Å²) in [6, 6.07) is 6.34. The molecule has 1 atom stereocenters. The third kappa shape index (κ3) is 2.30. The molecule has 3 N–H and O–H groups in total. The zero-order chi connectivity index (χ0) is 10.7. The first-order valence-corrected chi connectivity index (χ1v) is 5.53. The van der Waals surface area contributed by atoms with E-state index < -0.39 is 0 Å². The fourth-order valence-electron chi connectivity index (χ4n) is 1.85. The smallest absolute Gasteiger partial charge is 0.122 e. The molecule has 0 aromatic heterocycles. The molecule has 0 radical (unpaired) electrons. The molecule has 1 aromatic rings. The topological polar surface area (TPSA) is 47.3 Å². The highest BCUT2D eigenvalue weighted by Crippen LogP contribution is 2.27. The number of ether oxygens (including phenoxy) is 1. The first-order chi connectivity index (χ1) is 7.31. The van der Waals surface area contributed by atoms with Crippen molar-refractivity contribution in [2.45, 2.75) is 19.4 Å². The summed E-state index contributed by atoms with van der Waals surface area (Å²) in [5.41, 5.74) is 8.56. The van der Waals surface area contributed by atoms with Crippen LogP contribution in [0.15, 0.2) is 18.2 Å². The van der Waals surface area contributed by atoms with Crippen molar-refractivity contribution in [2.24, 2.45) is 5.73 Å². The lowest BCUT2D eigenvalue weighted by Gasteiger charge is -2.13. The van der Waals surface area contributed by atoms with Crippen LogP contribution in [-0.2, 0) is 6.42 Å². The van der Waals surface area contributed by atoms with E-state index in [2.05, 4.69) is 24.4 Å². The van der Waals surface area contributed by atoms with E-state index in [9.17, 15) is 0 Å². The van der Waals surface area contributed by atoms with Crippen LogP contribution in [0.5, 0.6) is 5.75 Å². The molecule has 0 bridgehead atoms. The van der Waals surface area contributed by atoms with Gasteiger partial charge < -0.3 is 15.8 Å². The first-order valence-electron chi connectivity index (χ1n) is 5.53. The van der Waals surface area contributed by atoms with Gasteiger partial charge in [0.05, 0.1) is 6.61 Å². The second-order valence-electron chi connectivity index (χ2n) is 3.88. The molecule has 0 spiro atoms. The van der Waals surface area contributed by atoms with Crippen LogP contribution in [0.25, 0.3) is 0 Å². The normalized spacial score (nSPS) is 15.9. The lowest BCUT2D eigenvalue weighted by Crippen LogP contribution is -2.26. The number of likely N-dealkylation sites (N-methyl/N-ethyl adjacent to an activating group) is 1. The average Bonchev–Trinajstić information content (AvgIpc) is 2.72. The van der Waals surface area contributed by atoms with Gasteiger partial charge in [-0.3, -0.25) is 0 Å². The summed E-state index contributed by atoms with van der Waals surface area (Å²) in [5, 5.41) is 3.26. The van der Waals surface area contributed by atoms with Crippen molar-refractivity contribution >= 4 is 0 Å². The van der Waals surface area contributed by atoms with Gasteiger partial charge in [-0.25, -0.2) is 0 Å². The maximum Gasteiger partial charge on any atom is 0.122 e. The van der Waals surface area contributed by atoms with Crippen LogP contribution in [0.4, 0.5) is 0 Å². The average molecular weight is 206 g/mol. The van der Waals surface area contributed by atoms with E-state index in [4.69, 9.17) is 10.5 Å². The Morgan fingerprint density at radius 3 is 3.20 bits per heavy atom. The van der Waals surface area contributed by atoms with E-state index >= 15 is 0 Å². The number of hydrogen-bond donors (Lipinski definition) is 2. The Morgan fingerprint density at radius 2 is 2.40 bits per heavy atom. The van der Waals surface area contributed by atoms with Crippen LogP contribution in [0.1, 0.15) is 24.1 Å². The third-order valence-corrected chi connectivity index (χ3v) is 2.76. The van der Waals surface area contributed by atoms with Gasteiger partial charge in [0.1, 0.15) is 5.75 Å². The van der Waals surface area contributed by atoms with Crippen molar-refractivity contribution in [1.29, 1.82) is 0 Å². The van der Waals surface area contributed by atoms with Gasteiger partial charge in [-0.2, -0.15) is 0 Å². The molecule has 82 valence electrons. The summed E-state index contributed by atoms with van der Waals surface area (Å²) < 4.78 is 5.46. The minimum absolute atomic E-state index is 0.0795. The molecule has 0 amide bonds. The van der Waals surface area contributed by atoms with Crippen LogP contribution in [0.3, 0.4) is 0 Å². The predicted molar refractivity (Wildman–Crippen MR) is 61.1 cm³/mol. The van der Waals surface area contributed by atoms with E-state index in [0.717, 1.165) is 31.9 Å². The molecule has 15 heavy (non-hydrogen) atoms. The molecule has 0 saturated heterocycles. The molecule has 1 heterocycles. The molecular weight excluding hydrogens is 188 g/mol. The van der Waals surface area contributed by atoms with Crippen molar-refractivity contribution in [3.8, 4) is 5.75 Å². The largest absolute Gasteiger partial charge is 0.493 e. The lowest BCUT2D eigenvalue weighted by atomic mass is 10.0. The molecule has 0 aliphatic carbocycles. The van der Waals surface area contributed by atoms with Crippen LogP contribution >= 0.6 is 0 Å². The summed E-state index contributed by atoms with van der Waals surface area (Å²) >= 11 is 0. The van der Waals surface area contributed by atoms with Crippen LogP contribution in [-0.4, -0.2) is 19.7 Å². The highest BCUT2D eigenvalue weighted by atomic mass is 16.5. The maximum atomic E-state index is 6.07. The van der Waals surface area contributed by atoms with Crippen LogP contribution < -0.4 is 15.8 Å². The van der Waals surface area contributed by atoms with Gasteiger partial charge >= 0.3 is 0 Å². The summed E-state index contributed by atoms with van der Waals surface area (Å²) in [4.78, 5) is 0. The van der Waals surface area contributed by atoms with Crippen LogP contribution in [0, 0.1) is 0 Å². The molecule has 2 rings (SSSR count). The number of nitrogens with two attached hydrogens (primary N) is 1. The van der Waals surface area contributed by atoms with Crippen molar-refractivity contribution < 1.29 is 4.74 Å². The zero-order valence-electron chi connectivity index (χ0n) is 9.12. The SMILES string of the molecule is CCNCC(N)c1ccc2c(c1)CCO2. The van der Waals surface area contributed by atoms with Gasteiger partial charge in [0.15, 0.2) is 0 Å². The summed E-state index contributed by atoms with van der Waals surface area (Å²) in [5.74, 6) is 1.02. The minimum Gasteiger partial charge on any atom is -0.493 e. The highest BCUT2D eigenvalue weighted by Gasteiger charge is 2.14.